The number of hydrogen-bond donors (Lipinski definition) is 0. The fourth-order valence-corrected chi connectivity index (χ4v) is 6.80. The Balaban J connectivity index is 1.19. The highest BCUT2D eigenvalue weighted by Crippen LogP contribution is 2.45. The van der Waals surface area contributed by atoms with Gasteiger partial charge >= 0.3 is 0 Å². The van der Waals surface area contributed by atoms with Crippen LogP contribution in [0.1, 0.15) is 113 Å². The Morgan fingerprint density at radius 2 is 1.23 bits per heavy atom. The molecule has 0 aliphatic heterocycles. The molecule has 164 valence electrons. The Morgan fingerprint density at radius 1 is 0.733 bits per heavy atom. The lowest BCUT2D eigenvalue weighted by Crippen LogP contribution is -2.25. The van der Waals surface area contributed by atoms with Gasteiger partial charge in [0, 0.05) is 0 Å². The van der Waals surface area contributed by atoms with Crippen LogP contribution in [0.2, 0.25) is 0 Å². The van der Waals surface area contributed by atoms with Gasteiger partial charge in [-0.25, -0.2) is 8.78 Å². The molecule has 0 spiro atoms. The molecule has 3 aliphatic rings. The quantitative estimate of drug-likeness (QED) is 0.460. The van der Waals surface area contributed by atoms with Crippen LogP contribution in [0, 0.1) is 46.6 Å². The van der Waals surface area contributed by atoms with Gasteiger partial charge in [0.1, 0.15) is 23.3 Å². The molecule has 30 heavy (non-hydrogen) atoms. The number of benzene rings is 1. The van der Waals surface area contributed by atoms with Gasteiger partial charge in [0.25, 0.3) is 0 Å². The molecule has 4 rings (SSSR count). The minimum Gasteiger partial charge on any atom is -0.205 e. The van der Waals surface area contributed by atoms with Crippen LogP contribution in [0.5, 0.6) is 0 Å². The van der Waals surface area contributed by atoms with Crippen molar-refractivity contribution in [1.29, 1.82) is 5.26 Å². The minimum atomic E-state index is -0.708. The third-order valence-corrected chi connectivity index (χ3v) is 8.68. The molecular weight excluding hydrogens is 376 g/mol. The van der Waals surface area contributed by atoms with Crippen LogP contribution in [0.3, 0.4) is 0 Å². The van der Waals surface area contributed by atoms with Crippen molar-refractivity contribution < 1.29 is 8.78 Å². The Morgan fingerprint density at radius 3 is 1.77 bits per heavy atom. The van der Waals surface area contributed by atoms with Crippen molar-refractivity contribution in [3.05, 3.63) is 34.9 Å². The van der Waals surface area contributed by atoms with Crippen LogP contribution in [0.25, 0.3) is 0 Å². The van der Waals surface area contributed by atoms with Gasteiger partial charge in [-0.1, -0.05) is 57.8 Å². The predicted molar refractivity (Wildman–Crippen MR) is 117 cm³/mol. The van der Waals surface area contributed by atoms with E-state index in [-0.39, 0.29) is 5.92 Å². The average Bonchev–Trinajstić information content (AvgIpc) is 3.28. The first kappa shape index (κ1) is 21.8. The standard InChI is InChI=1S/C27H37F2N/c28-26-16-24(17-27(29)25(26)18-30)23-14-12-22(13-15-23)21-10-8-20(9-11-21)7-3-6-19-4-1-2-5-19/h16-17,19-23H,1-15H2. The Labute approximate surface area is 181 Å². The van der Waals surface area contributed by atoms with E-state index in [9.17, 15) is 8.78 Å². The van der Waals surface area contributed by atoms with Crippen molar-refractivity contribution in [2.24, 2.45) is 23.7 Å². The molecule has 0 unspecified atom stereocenters. The maximum Gasteiger partial charge on any atom is 0.144 e. The highest BCUT2D eigenvalue weighted by molar-refractivity contribution is 5.36. The monoisotopic (exact) mass is 413 g/mol. The number of hydrogen-bond acceptors (Lipinski definition) is 1. The van der Waals surface area contributed by atoms with Crippen LogP contribution in [-0.4, -0.2) is 0 Å². The zero-order chi connectivity index (χ0) is 20.9. The van der Waals surface area contributed by atoms with Crippen LogP contribution in [-0.2, 0) is 0 Å². The SMILES string of the molecule is N#Cc1c(F)cc(C2CCC(C3CCC(CCCC4CCCC4)CC3)CC2)cc1F. The molecule has 0 N–H and O–H groups in total. The normalized spacial score (nSPS) is 30.3. The lowest BCUT2D eigenvalue weighted by Gasteiger charge is -2.38. The summed E-state index contributed by atoms with van der Waals surface area (Å²) >= 11 is 0. The van der Waals surface area contributed by atoms with E-state index in [1.165, 1.54) is 95.6 Å². The number of nitrogens with zero attached hydrogens (tertiary/aromatic N) is 1. The van der Waals surface area contributed by atoms with Gasteiger partial charge in [0.15, 0.2) is 0 Å². The second-order valence-electron chi connectivity index (χ2n) is 10.4. The van der Waals surface area contributed by atoms with Gasteiger partial charge < -0.3 is 0 Å². The fourth-order valence-electron chi connectivity index (χ4n) is 6.80. The van der Waals surface area contributed by atoms with Crippen LogP contribution in [0.4, 0.5) is 8.78 Å². The average molecular weight is 414 g/mol. The summed E-state index contributed by atoms with van der Waals surface area (Å²) in [6.45, 7) is 0. The van der Waals surface area contributed by atoms with Gasteiger partial charge in [-0.15, -0.1) is 0 Å². The third kappa shape index (κ3) is 5.24. The van der Waals surface area contributed by atoms with Crippen LogP contribution >= 0.6 is 0 Å². The van der Waals surface area contributed by atoms with E-state index < -0.39 is 17.2 Å². The first-order chi connectivity index (χ1) is 14.6. The van der Waals surface area contributed by atoms with Crippen molar-refractivity contribution in [3.63, 3.8) is 0 Å². The van der Waals surface area contributed by atoms with Gasteiger partial charge in [-0.2, -0.15) is 5.26 Å². The largest absolute Gasteiger partial charge is 0.205 e. The van der Waals surface area contributed by atoms with E-state index in [0.717, 1.165) is 42.1 Å². The number of halogens is 2. The molecule has 1 nitrogen and oxygen atoms in total. The van der Waals surface area contributed by atoms with E-state index >= 15 is 0 Å². The van der Waals surface area contributed by atoms with Crippen molar-refractivity contribution in [1.82, 2.24) is 0 Å². The lowest BCUT2D eigenvalue weighted by molar-refractivity contribution is 0.155. The highest BCUT2D eigenvalue weighted by atomic mass is 19.1. The zero-order valence-corrected chi connectivity index (χ0v) is 18.4. The second-order valence-corrected chi connectivity index (χ2v) is 10.4. The van der Waals surface area contributed by atoms with Gasteiger partial charge in [-0.05, 0) is 85.8 Å². The van der Waals surface area contributed by atoms with Gasteiger partial charge in [0.2, 0.25) is 0 Å². The molecule has 3 heteroatoms. The van der Waals surface area contributed by atoms with E-state index in [1.54, 1.807) is 6.07 Å². The summed E-state index contributed by atoms with van der Waals surface area (Å²) in [5, 5.41) is 8.87. The maximum atomic E-state index is 14.0. The summed E-state index contributed by atoms with van der Waals surface area (Å²) in [6, 6.07) is 4.41. The molecule has 0 heterocycles. The summed E-state index contributed by atoms with van der Waals surface area (Å²) in [4.78, 5) is 0. The summed E-state index contributed by atoms with van der Waals surface area (Å²) < 4.78 is 28.0. The molecule has 3 saturated carbocycles. The van der Waals surface area contributed by atoms with E-state index in [4.69, 9.17) is 5.26 Å². The second kappa shape index (κ2) is 10.3. The van der Waals surface area contributed by atoms with Crippen LogP contribution in [0.15, 0.2) is 12.1 Å². The fraction of sp³-hybridized carbons (Fsp3) is 0.741. The molecule has 3 fully saturated rings. The number of rotatable bonds is 6. The van der Waals surface area contributed by atoms with Crippen LogP contribution < -0.4 is 0 Å². The summed E-state index contributed by atoms with van der Waals surface area (Å²) in [7, 11) is 0. The minimum absolute atomic E-state index is 0.241. The Hall–Kier alpha value is -1.43. The smallest absolute Gasteiger partial charge is 0.144 e. The molecule has 0 radical (unpaired) electrons. The zero-order valence-electron chi connectivity index (χ0n) is 18.4. The number of nitriles is 1. The first-order valence-corrected chi connectivity index (χ1v) is 12.5. The van der Waals surface area contributed by atoms with Crippen molar-refractivity contribution in [2.45, 2.75) is 102 Å². The van der Waals surface area contributed by atoms with E-state index in [0.29, 0.717) is 0 Å². The predicted octanol–water partition coefficient (Wildman–Crippen LogP) is 8.28. The molecule has 0 aromatic heterocycles. The van der Waals surface area contributed by atoms with E-state index in [2.05, 4.69) is 0 Å². The molecule has 3 aliphatic carbocycles. The Kier molecular flexibility index (Phi) is 7.45. The van der Waals surface area contributed by atoms with Gasteiger partial charge in [0.05, 0.1) is 0 Å². The topological polar surface area (TPSA) is 23.8 Å². The summed E-state index contributed by atoms with van der Waals surface area (Å²) in [5.74, 6) is 2.49. The molecule has 0 saturated heterocycles. The van der Waals surface area contributed by atoms with Crippen molar-refractivity contribution in [3.8, 4) is 6.07 Å². The van der Waals surface area contributed by atoms with E-state index in [1.807, 2.05) is 0 Å². The molecule has 0 bridgehead atoms. The molecule has 1 aromatic rings. The van der Waals surface area contributed by atoms with Crippen molar-refractivity contribution >= 4 is 0 Å². The molecule has 1 aromatic carbocycles. The first-order valence-electron chi connectivity index (χ1n) is 12.5. The molecular formula is C27H37F2N. The molecule has 0 amide bonds. The summed E-state index contributed by atoms with van der Waals surface area (Å²) in [6.07, 6.45) is 20.3. The van der Waals surface area contributed by atoms with Gasteiger partial charge in [-0.3, -0.25) is 0 Å². The Bertz CT molecular complexity index is 707. The lowest BCUT2D eigenvalue weighted by atomic mass is 9.68. The molecule has 0 atom stereocenters. The highest BCUT2D eigenvalue weighted by Gasteiger charge is 2.31. The summed E-state index contributed by atoms with van der Waals surface area (Å²) in [5.41, 5.74) is 0.292. The third-order valence-electron chi connectivity index (χ3n) is 8.68. The maximum absolute atomic E-state index is 14.0. The van der Waals surface area contributed by atoms with Crippen molar-refractivity contribution in [2.75, 3.05) is 0 Å².